The number of hydrogen-bond acceptors (Lipinski definition) is 1. The molecule has 0 aliphatic heterocycles. The van der Waals surface area contributed by atoms with Gasteiger partial charge in [0.25, 0.3) is 0 Å². The summed E-state index contributed by atoms with van der Waals surface area (Å²) in [5.41, 5.74) is 3.86. The highest BCUT2D eigenvalue weighted by atomic mass is 16.3. The smallest absolute Gasteiger partial charge is 0.0497 e. The minimum Gasteiger partial charge on any atom is -0.396 e. The van der Waals surface area contributed by atoms with Gasteiger partial charge in [-0.25, -0.2) is 0 Å². The molecule has 1 radical (unpaired) electrons. The van der Waals surface area contributed by atoms with Crippen LogP contribution in [0.1, 0.15) is 43.4 Å². The maximum atomic E-state index is 9.22. The van der Waals surface area contributed by atoms with Crippen molar-refractivity contribution in [3.8, 4) is 0 Å². The van der Waals surface area contributed by atoms with Gasteiger partial charge in [0.15, 0.2) is 0 Å². The third-order valence-corrected chi connectivity index (χ3v) is 4.06. The van der Waals surface area contributed by atoms with Crippen molar-refractivity contribution in [2.45, 2.75) is 33.1 Å². The van der Waals surface area contributed by atoms with Crippen LogP contribution in [0.4, 0.5) is 0 Å². The maximum Gasteiger partial charge on any atom is 0.0497 e. The van der Waals surface area contributed by atoms with E-state index in [1.165, 1.54) is 22.6 Å². The molecule has 2 aromatic rings. The molecule has 1 atom stereocenters. The van der Waals surface area contributed by atoms with Crippen molar-refractivity contribution in [2.24, 2.45) is 5.92 Å². The highest BCUT2D eigenvalue weighted by Gasteiger charge is 2.17. The molecule has 0 heterocycles. The Hall–Kier alpha value is -1.60. The van der Waals surface area contributed by atoms with E-state index < -0.39 is 0 Å². The van der Waals surface area contributed by atoms with Crippen LogP contribution in [0.2, 0.25) is 0 Å². The first-order chi connectivity index (χ1) is 10.1. The molecule has 1 unspecified atom stereocenters. The van der Waals surface area contributed by atoms with Gasteiger partial charge in [0, 0.05) is 18.4 Å². The lowest BCUT2D eigenvalue weighted by Crippen LogP contribution is -2.11. The van der Waals surface area contributed by atoms with Crippen molar-refractivity contribution in [1.29, 1.82) is 0 Å². The summed E-state index contributed by atoms with van der Waals surface area (Å²) in [6.45, 7) is 6.76. The fraction of sp³-hybridized carbons (Fsp3) is 0.350. The first-order valence-electron chi connectivity index (χ1n) is 7.72. The van der Waals surface area contributed by atoms with Crippen LogP contribution >= 0.6 is 0 Å². The maximum absolute atomic E-state index is 9.22. The standard InChI is InChI=1S/C20H25O/c1-15(2)20(19-7-5-4-6-8-19)13-17-9-11-18(12-10-17)16(3)14-21/h4-12,15-16,21H,13-14H2,1-3H3. The van der Waals surface area contributed by atoms with Crippen LogP contribution in [0, 0.1) is 11.8 Å². The number of aliphatic hydroxyl groups excluding tert-OH is 1. The van der Waals surface area contributed by atoms with Gasteiger partial charge in [-0.2, -0.15) is 0 Å². The zero-order valence-corrected chi connectivity index (χ0v) is 13.2. The monoisotopic (exact) mass is 281 g/mol. The molecule has 1 nitrogen and oxygen atoms in total. The van der Waals surface area contributed by atoms with Gasteiger partial charge < -0.3 is 5.11 Å². The quantitative estimate of drug-likeness (QED) is 0.820. The third-order valence-electron chi connectivity index (χ3n) is 4.06. The van der Waals surface area contributed by atoms with Crippen LogP contribution < -0.4 is 0 Å². The van der Waals surface area contributed by atoms with Crippen molar-refractivity contribution in [2.75, 3.05) is 6.61 Å². The second kappa shape index (κ2) is 7.42. The molecular weight excluding hydrogens is 256 g/mol. The van der Waals surface area contributed by atoms with Gasteiger partial charge in [0.1, 0.15) is 0 Å². The second-order valence-electron chi connectivity index (χ2n) is 6.05. The molecule has 0 aliphatic rings. The van der Waals surface area contributed by atoms with E-state index >= 15 is 0 Å². The van der Waals surface area contributed by atoms with E-state index in [1.54, 1.807) is 0 Å². The molecule has 0 aromatic heterocycles. The van der Waals surface area contributed by atoms with Gasteiger partial charge in [-0.1, -0.05) is 75.4 Å². The second-order valence-corrected chi connectivity index (χ2v) is 6.05. The lowest BCUT2D eigenvalue weighted by Gasteiger charge is -2.21. The van der Waals surface area contributed by atoms with Crippen LogP contribution in [-0.4, -0.2) is 11.7 Å². The van der Waals surface area contributed by atoms with Gasteiger partial charge in [0.05, 0.1) is 0 Å². The Morgan fingerprint density at radius 3 is 2.05 bits per heavy atom. The first-order valence-corrected chi connectivity index (χ1v) is 7.72. The third kappa shape index (κ3) is 4.18. The van der Waals surface area contributed by atoms with Gasteiger partial charge in [-0.3, -0.25) is 0 Å². The zero-order chi connectivity index (χ0) is 15.2. The van der Waals surface area contributed by atoms with Crippen molar-refractivity contribution in [1.82, 2.24) is 0 Å². The summed E-state index contributed by atoms with van der Waals surface area (Å²) in [6, 6.07) is 19.3. The molecule has 2 rings (SSSR count). The Morgan fingerprint density at radius 2 is 1.52 bits per heavy atom. The Morgan fingerprint density at radius 1 is 0.905 bits per heavy atom. The first kappa shape index (κ1) is 15.8. The average molecular weight is 281 g/mol. The summed E-state index contributed by atoms with van der Waals surface area (Å²) in [6.07, 6.45) is 0.982. The summed E-state index contributed by atoms with van der Waals surface area (Å²) in [5, 5.41) is 9.22. The Labute approximate surface area is 128 Å². The number of aliphatic hydroxyl groups is 1. The van der Waals surface area contributed by atoms with Crippen molar-refractivity contribution in [3.05, 3.63) is 77.2 Å². The summed E-state index contributed by atoms with van der Waals surface area (Å²) in [4.78, 5) is 0. The Kier molecular flexibility index (Phi) is 5.58. The Bertz CT molecular complexity index is 528. The average Bonchev–Trinajstić information content (AvgIpc) is 2.53. The van der Waals surface area contributed by atoms with Crippen molar-refractivity contribution >= 4 is 0 Å². The van der Waals surface area contributed by atoms with E-state index in [2.05, 4.69) is 68.4 Å². The molecule has 1 heteroatoms. The number of benzene rings is 2. The van der Waals surface area contributed by atoms with Crippen molar-refractivity contribution < 1.29 is 5.11 Å². The SMILES string of the molecule is CC(C)[C](Cc1ccc(C(C)CO)cc1)c1ccccc1. The molecule has 0 aliphatic carbocycles. The summed E-state index contributed by atoms with van der Waals surface area (Å²) < 4.78 is 0. The molecule has 0 spiro atoms. The molecule has 21 heavy (non-hydrogen) atoms. The normalized spacial score (nSPS) is 12.9. The van der Waals surface area contributed by atoms with Crippen molar-refractivity contribution in [3.63, 3.8) is 0 Å². The van der Waals surface area contributed by atoms with Gasteiger partial charge in [0.2, 0.25) is 0 Å². The van der Waals surface area contributed by atoms with E-state index in [4.69, 9.17) is 0 Å². The molecule has 0 saturated heterocycles. The fourth-order valence-electron chi connectivity index (χ4n) is 2.58. The lowest BCUT2D eigenvalue weighted by atomic mass is 9.83. The molecule has 0 amide bonds. The van der Waals surface area contributed by atoms with Crippen LogP contribution in [0.3, 0.4) is 0 Å². The van der Waals surface area contributed by atoms with E-state index in [0.29, 0.717) is 5.92 Å². The minimum absolute atomic E-state index is 0.201. The summed E-state index contributed by atoms with van der Waals surface area (Å²) >= 11 is 0. The molecule has 111 valence electrons. The van der Waals surface area contributed by atoms with Crippen LogP contribution in [-0.2, 0) is 6.42 Å². The van der Waals surface area contributed by atoms with Crippen LogP contribution in [0.15, 0.2) is 54.6 Å². The lowest BCUT2D eigenvalue weighted by molar-refractivity contribution is 0.273. The highest BCUT2D eigenvalue weighted by molar-refractivity contribution is 5.36. The van der Waals surface area contributed by atoms with Crippen LogP contribution in [0.25, 0.3) is 0 Å². The molecule has 0 fully saturated rings. The predicted octanol–water partition coefficient (Wildman–Crippen LogP) is 4.60. The highest BCUT2D eigenvalue weighted by Crippen LogP contribution is 2.27. The van der Waals surface area contributed by atoms with E-state index in [1.807, 2.05) is 6.92 Å². The molecule has 0 bridgehead atoms. The summed E-state index contributed by atoms with van der Waals surface area (Å²) in [5.74, 6) is 2.21. The van der Waals surface area contributed by atoms with E-state index in [-0.39, 0.29) is 12.5 Å². The predicted molar refractivity (Wildman–Crippen MR) is 89.3 cm³/mol. The summed E-state index contributed by atoms with van der Waals surface area (Å²) in [7, 11) is 0. The fourth-order valence-corrected chi connectivity index (χ4v) is 2.58. The Balaban J connectivity index is 2.14. The van der Waals surface area contributed by atoms with Crippen LogP contribution in [0.5, 0.6) is 0 Å². The number of hydrogen-bond donors (Lipinski definition) is 1. The molecule has 0 saturated carbocycles. The molecular formula is C20H25O. The molecule has 2 aromatic carbocycles. The molecule has 1 N–H and O–H groups in total. The topological polar surface area (TPSA) is 20.2 Å². The van der Waals surface area contributed by atoms with E-state index in [9.17, 15) is 5.11 Å². The van der Waals surface area contributed by atoms with Gasteiger partial charge in [-0.05, 0) is 29.0 Å². The van der Waals surface area contributed by atoms with Gasteiger partial charge in [-0.15, -0.1) is 0 Å². The zero-order valence-electron chi connectivity index (χ0n) is 13.2. The minimum atomic E-state index is 0.201. The number of rotatable bonds is 6. The van der Waals surface area contributed by atoms with Gasteiger partial charge >= 0.3 is 0 Å². The van der Waals surface area contributed by atoms with E-state index in [0.717, 1.165) is 6.42 Å². The largest absolute Gasteiger partial charge is 0.396 e.